The summed E-state index contributed by atoms with van der Waals surface area (Å²) in [6.45, 7) is 13.7. The number of hydrazine groups is 1. The number of anilines is 1. The first kappa shape index (κ1) is 15.8. The Balaban J connectivity index is 0.000000956. The van der Waals surface area contributed by atoms with Crippen LogP contribution in [-0.2, 0) is 0 Å². The Labute approximate surface area is 121 Å². The number of para-hydroxylation sites is 1. The summed E-state index contributed by atoms with van der Waals surface area (Å²) in [6.07, 6.45) is 3.60. The summed E-state index contributed by atoms with van der Waals surface area (Å²) >= 11 is 0. The molecule has 1 aromatic carbocycles. The lowest BCUT2D eigenvalue weighted by molar-refractivity contribution is 0.982. The van der Waals surface area contributed by atoms with Crippen LogP contribution in [0.4, 0.5) is 5.69 Å². The van der Waals surface area contributed by atoms with Crippen molar-refractivity contribution >= 4 is 11.4 Å². The highest BCUT2D eigenvalue weighted by molar-refractivity contribution is 5.83. The first-order chi connectivity index (χ1) is 9.72. The third kappa shape index (κ3) is 2.83. The van der Waals surface area contributed by atoms with Crippen LogP contribution in [0, 0.1) is 0 Å². The molecule has 2 rings (SSSR count). The van der Waals surface area contributed by atoms with Crippen molar-refractivity contribution in [1.29, 1.82) is 0 Å². The fourth-order valence-corrected chi connectivity index (χ4v) is 2.17. The largest absolute Gasteiger partial charge is 0.354 e. The maximum atomic E-state index is 5.66. The van der Waals surface area contributed by atoms with E-state index in [-0.39, 0.29) is 0 Å². The minimum absolute atomic E-state index is 0.893. The molecular weight excluding hydrogens is 246 g/mol. The van der Waals surface area contributed by atoms with Crippen LogP contribution in [0.2, 0.25) is 0 Å². The smallest absolute Gasteiger partial charge is 0.0614 e. The van der Waals surface area contributed by atoms with Gasteiger partial charge >= 0.3 is 0 Å². The van der Waals surface area contributed by atoms with E-state index in [1.807, 2.05) is 51.1 Å². The zero-order valence-electron chi connectivity index (χ0n) is 12.5. The summed E-state index contributed by atoms with van der Waals surface area (Å²) in [7, 11) is 0. The van der Waals surface area contributed by atoms with E-state index in [0.717, 1.165) is 33.8 Å². The monoisotopic (exact) mass is 269 g/mol. The molecule has 0 unspecified atom stereocenters. The van der Waals surface area contributed by atoms with Gasteiger partial charge in [0.2, 0.25) is 0 Å². The Bertz CT molecular complexity index is 565. The summed E-state index contributed by atoms with van der Waals surface area (Å²) < 4.78 is 0. The lowest BCUT2D eigenvalue weighted by Gasteiger charge is -2.12. The molecule has 1 aliphatic rings. The quantitative estimate of drug-likeness (QED) is 0.575. The van der Waals surface area contributed by atoms with Gasteiger partial charge in [0.1, 0.15) is 0 Å². The summed E-state index contributed by atoms with van der Waals surface area (Å²) in [5, 5.41) is 3.36. The van der Waals surface area contributed by atoms with Crippen LogP contribution >= 0.6 is 0 Å². The number of rotatable bonds is 3. The topological polar surface area (TPSA) is 50.1 Å². The molecule has 0 saturated heterocycles. The Hall–Kier alpha value is -2.26. The second-order valence-electron chi connectivity index (χ2n) is 4.05. The van der Waals surface area contributed by atoms with Crippen LogP contribution in [0.25, 0.3) is 5.70 Å². The molecule has 3 nitrogen and oxygen atoms in total. The van der Waals surface area contributed by atoms with Crippen molar-refractivity contribution in [1.82, 2.24) is 5.43 Å². The van der Waals surface area contributed by atoms with Crippen molar-refractivity contribution in [2.24, 2.45) is 5.84 Å². The fourth-order valence-electron chi connectivity index (χ4n) is 2.17. The second kappa shape index (κ2) is 7.36. The van der Waals surface area contributed by atoms with E-state index in [1.54, 1.807) is 6.08 Å². The molecular formula is C17H23N3. The van der Waals surface area contributed by atoms with Crippen LogP contribution in [-0.4, -0.2) is 0 Å². The molecule has 106 valence electrons. The highest BCUT2D eigenvalue weighted by Gasteiger charge is 2.17. The number of nitrogens with two attached hydrogens (primary N) is 1. The molecule has 0 saturated carbocycles. The van der Waals surface area contributed by atoms with Crippen molar-refractivity contribution in [3.05, 3.63) is 72.0 Å². The fraction of sp³-hybridized carbons (Fsp3) is 0.176. The normalized spacial score (nSPS) is 13.4. The Morgan fingerprint density at radius 3 is 2.35 bits per heavy atom. The summed E-state index contributed by atoms with van der Waals surface area (Å²) in [4.78, 5) is 0. The van der Waals surface area contributed by atoms with Crippen LogP contribution in [0.5, 0.6) is 0 Å². The first-order valence-electron chi connectivity index (χ1n) is 6.76. The maximum absolute atomic E-state index is 5.66. The van der Waals surface area contributed by atoms with Gasteiger partial charge in [-0.05, 0) is 24.6 Å². The molecule has 0 fully saturated rings. The van der Waals surface area contributed by atoms with E-state index in [1.165, 1.54) is 0 Å². The van der Waals surface area contributed by atoms with Crippen LogP contribution < -0.4 is 16.6 Å². The van der Waals surface area contributed by atoms with E-state index >= 15 is 0 Å². The molecule has 1 aromatic rings. The van der Waals surface area contributed by atoms with E-state index in [9.17, 15) is 0 Å². The molecule has 0 aromatic heterocycles. The van der Waals surface area contributed by atoms with Crippen LogP contribution in [0.1, 0.15) is 26.3 Å². The lowest BCUT2D eigenvalue weighted by atomic mass is 10.0. The molecule has 0 aliphatic carbocycles. The van der Waals surface area contributed by atoms with Crippen molar-refractivity contribution in [2.75, 3.05) is 5.32 Å². The van der Waals surface area contributed by atoms with Gasteiger partial charge in [-0.15, -0.1) is 0 Å². The predicted molar refractivity (Wildman–Crippen MR) is 88.7 cm³/mol. The molecule has 20 heavy (non-hydrogen) atoms. The van der Waals surface area contributed by atoms with Crippen molar-refractivity contribution in [3.8, 4) is 0 Å². The number of benzene rings is 1. The minimum atomic E-state index is 0.893. The van der Waals surface area contributed by atoms with E-state index < -0.39 is 0 Å². The summed E-state index contributed by atoms with van der Waals surface area (Å²) in [5.41, 5.74) is 8.68. The predicted octanol–water partition coefficient (Wildman–Crippen LogP) is 3.96. The highest BCUT2D eigenvalue weighted by atomic mass is 15.2. The van der Waals surface area contributed by atoms with Gasteiger partial charge in [-0.2, -0.15) is 0 Å². The molecule has 0 bridgehead atoms. The maximum Gasteiger partial charge on any atom is 0.0614 e. The van der Waals surface area contributed by atoms with Crippen molar-refractivity contribution < 1.29 is 0 Å². The average molecular weight is 269 g/mol. The molecule has 0 atom stereocenters. The lowest BCUT2D eigenvalue weighted by Crippen LogP contribution is -2.21. The Kier molecular flexibility index (Phi) is 5.81. The SMILES string of the molecule is C=CC1=C(C=C)C(C)=C(NN)c2ccccc2N1.CC. The van der Waals surface area contributed by atoms with Gasteiger partial charge in [-0.25, -0.2) is 0 Å². The van der Waals surface area contributed by atoms with Crippen LogP contribution in [0.3, 0.4) is 0 Å². The van der Waals surface area contributed by atoms with Crippen LogP contribution in [0.15, 0.2) is 66.4 Å². The zero-order valence-corrected chi connectivity index (χ0v) is 12.5. The van der Waals surface area contributed by atoms with Gasteiger partial charge in [0.15, 0.2) is 0 Å². The molecule has 4 N–H and O–H groups in total. The van der Waals surface area contributed by atoms with E-state index in [0.29, 0.717) is 0 Å². The minimum Gasteiger partial charge on any atom is -0.354 e. The first-order valence-corrected chi connectivity index (χ1v) is 6.76. The Morgan fingerprint density at radius 1 is 1.15 bits per heavy atom. The second-order valence-corrected chi connectivity index (χ2v) is 4.05. The van der Waals surface area contributed by atoms with Gasteiger partial charge < -0.3 is 10.7 Å². The number of hydrogen-bond donors (Lipinski definition) is 3. The molecule has 0 radical (unpaired) electrons. The molecule has 1 aliphatic heterocycles. The number of allylic oxidation sites excluding steroid dienone is 4. The van der Waals surface area contributed by atoms with Gasteiger partial charge in [0.25, 0.3) is 0 Å². The summed E-state index contributed by atoms with van der Waals surface area (Å²) in [6, 6.07) is 8.00. The molecule has 1 heterocycles. The number of hydrogen-bond acceptors (Lipinski definition) is 3. The third-order valence-corrected chi connectivity index (χ3v) is 3.09. The van der Waals surface area contributed by atoms with Gasteiger partial charge in [-0.1, -0.05) is 51.3 Å². The molecule has 0 amide bonds. The Morgan fingerprint density at radius 2 is 1.80 bits per heavy atom. The highest BCUT2D eigenvalue weighted by Crippen LogP contribution is 2.33. The number of fused-ring (bicyclic) bond motifs is 1. The molecule has 0 spiro atoms. The number of nitrogens with one attached hydrogen (secondary N) is 2. The van der Waals surface area contributed by atoms with Gasteiger partial charge in [0.05, 0.1) is 5.70 Å². The third-order valence-electron chi connectivity index (χ3n) is 3.09. The van der Waals surface area contributed by atoms with Gasteiger partial charge in [-0.3, -0.25) is 5.84 Å². The van der Waals surface area contributed by atoms with Gasteiger partial charge in [0, 0.05) is 22.5 Å². The molecule has 3 heteroatoms. The standard InChI is InChI=1S/C15H17N3.C2H6/c1-4-11-10(3)15(18-16)12-8-6-7-9-14(12)17-13(11)5-2;1-2/h4-9,17-18H,1-2,16H2,3H3;1-2H3. The summed E-state index contributed by atoms with van der Waals surface area (Å²) in [5.74, 6) is 5.66. The van der Waals surface area contributed by atoms with Crippen molar-refractivity contribution in [2.45, 2.75) is 20.8 Å². The zero-order chi connectivity index (χ0) is 15.1. The van der Waals surface area contributed by atoms with E-state index in [4.69, 9.17) is 5.84 Å². The average Bonchev–Trinajstić information content (AvgIpc) is 2.62. The van der Waals surface area contributed by atoms with Crippen molar-refractivity contribution in [3.63, 3.8) is 0 Å². The van der Waals surface area contributed by atoms with E-state index in [2.05, 4.69) is 23.9 Å².